The first kappa shape index (κ1) is 15.8. The van der Waals surface area contributed by atoms with Gasteiger partial charge in [-0.25, -0.2) is 13.1 Å². The molecule has 1 aromatic carbocycles. The van der Waals surface area contributed by atoms with Gasteiger partial charge in [0.25, 0.3) is 0 Å². The first-order valence-electron chi connectivity index (χ1n) is 6.85. The molecule has 0 aromatic heterocycles. The van der Waals surface area contributed by atoms with Gasteiger partial charge in [0.15, 0.2) is 0 Å². The monoisotopic (exact) mass is 308 g/mol. The molecular formula is C14H20N4O2S. The van der Waals surface area contributed by atoms with Crippen LogP contribution < -0.4 is 10.5 Å². The number of nitrogen functional groups attached to an aromatic ring is 1. The van der Waals surface area contributed by atoms with Crippen LogP contribution in [0.4, 0.5) is 5.69 Å². The summed E-state index contributed by atoms with van der Waals surface area (Å²) in [6.45, 7) is 2.94. The van der Waals surface area contributed by atoms with Gasteiger partial charge < -0.3 is 10.6 Å². The first-order valence-corrected chi connectivity index (χ1v) is 8.34. The third kappa shape index (κ3) is 3.53. The molecule has 2 rings (SSSR count). The molecule has 0 bridgehead atoms. The van der Waals surface area contributed by atoms with Crippen LogP contribution in [0, 0.1) is 11.3 Å². The summed E-state index contributed by atoms with van der Waals surface area (Å²) >= 11 is 0. The Balaban J connectivity index is 2.18. The van der Waals surface area contributed by atoms with Gasteiger partial charge in [-0.3, -0.25) is 0 Å². The highest BCUT2D eigenvalue weighted by molar-refractivity contribution is 7.89. The molecule has 1 aliphatic heterocycles. The number of nitrogens with zero attached hydrogens (tertiary/aromatic N) is 2. The quantitative estimate of drug-likeness (QED) is 0.808. The van der Waals surface area contributed by atoms with E-state index in [1.54, 1.807) is 0 Å². The molecular weight excluding hydrogens is 288 g/mol. The highest BCUT2D eigenvalue weighted by atomic mass is 32.2. The minimum Gasteiger partial charge on any atom is -0.398 e. The maximum absolute atomic E-state index is 12.4. The Morgan fingerprint density at radius 1 is 1.48 bits per heavy atom. The molecule has 114 valence electrons. The molecule has 0 amide bonds. The van der Waals surface area contributed by atoms with Crippen LogP contribution in [0.2, 0.25) is 0 Å². The van der Waals surface area contributed by atoms with Crippen LogP contribution in [0.5, 0.6) is 0 Å². The van der Waals surface area contributed by atoms with Gasteiger partial charge >= 0.3 is 0 Å². The van der Waals surface area contributed by atoms with E-state index in [9.17, 15) is 8.42 Å². The molecule has 1 saturated heterocycles. The second kappa shape index (κ2) is 6.02. The summed E-state index contributed by atoms with van der Waals surface area (Å²) in [6.07, 6.45) is 1.54. The van der Waals surface area contributed by atoms with Crippen molar-refractivity contribution in [3.8, 4) is 6.07 Å². The molecule has 6 nitrogen and oxygen atoms in total. The fourth-order valence-electron chi connectivity index (χ4n) is 2.54. The Morgan fingerprint density at radius 3 is 2.76 bits per heavy atom. The normalized spacial score (nSPS) is 23.7. The minimum absolute atomic E-state index is 0.0353. The maximum Gasteiger partial charge on any atom is 0.242 e. The smallest absolute Gasteiger partial charge is 0.242 e. The van der Waals surface area contributed by atoms with Gasteiger partial charge in [0.1, 0.15) is 4.90 Å². The Bertz CT molecular complexity index is 666. The predicted octanol–water partition coefficient (Wildman–Crippen LogP) is 0.901. The second-order valence-electron chi connectivity index (χ2n) is 5.54. The van der Waals surface area contributed by atoms with E-state index < -0.39 is 10.0 Å². The Kier molecular flexibility index (Phi) is 4.52. The summed E-state index contributed by atoms with van der Waals surface area (Å²) < 4.78 is 27.6. The molecule has 0 radical (unpaired) electrons. The largest absolute Gasteiger partial charge is 0.398 e. The van der Waals surface area contributed by atoms with Gasteiger partial charge in [0.2, 0.25) is 10.0 Å². The molecule has 7 heteroatoms. The number of hydrogen-bond acceptors (Lipinski definition) is 5. The summed E-state index contributed by atoms with van der Waals surface area (Å²) in [6, 6.07) is 6.41. The van der Waals surface area contributed by atoms with Gasteiger partial charge in [-0.05, 0) is 51.6 Å². The number of nitrogens with one attached hydrogen (secondary N) is 1. The average Bonchev–Trinajstić information content (AvgIpc) is 2.42. The highest BCUT2D eigenvalue weighted by Gasteiger charge is 2.28. The summed E-state index contributed by atoms with van der Waals surface area (Å²) in [4.78, 5) is 2.24. The van der Waals surface area contributed by atoms with E-state index >= 15 is 0 Å². The standard InChI is InChI=1S/C14H20N4O2S/c1-10-7-12(5-6-18(10)2)17-21(19,20)14-4-3-11(9-15)8-13(14)16/h3-4,8,10,12,17H,5-7,16H2,1-2H3. The van der Waals surface area contributed by atoms with E-state index in [2.05, 4.69) is 16.5 Å². The third-order valence-corrected chi connectivity index (χ3v) is 5.55. The maximum atomic E-state index is 12.4. The van der Waals surface area contributed by atoms with Crippen LogP contribution in [0.25, 0.3) is 0 Å². The molecule has 1 aromatic rings. The van der Waals surface area contributed by atoms with Gasteiger partial charge in [0.05, 0.1) is 17.3 Å². The highest BCUT2D eigenvalue weighted by Crippen LogP contribution is 2.22. The number of hydrogen-bond donors (Lipinski definition) is 2. The number of likely N-dealkylation sites (tertiary alicyclic amines) is 1. The number of nitriles is 1. The molecule has 3 N–H and O–H groups in total. The number of benzene rings is 1. The number of piperidine rings is 1. The van der Waals surface area contributed by atoms with Crippen LogP contribution in [-0.2, 0) is 10.0 Å². The lowest BCUT2D eigenvalue weighted by Crippen LogP contribution is -2.47. The molecule has 1 aliphatic rings. The Hall–Kier alpha value is -1.62. The molecule has 21 heavy (non-hydrogen) atoms. The van der Waals surface area contributed by atoms with Crippen molar-refractivity contribution in [2.75, 3.05) is 19.3 Å². The lowest BCUT2D eigenvalue weighted by atomic mass is 10.0. The first-order chi connectivity index (χ1) is 9.83. The van der Waals surface area contributed by atoms with E-state index in [-0.39, 0.29) is 16.6 Å². The van der Waals surface area contributed by atoms with Crippen molar-refractivity contribution in [2.45, 2.75) is 36.7 Å². The summed E-state index contributed by atoms with van der Waals surface area (Å²) in [5, 5.41) is 8.80. The topological polar surface area (TPSA) is 99.2 Å². The molecule has 2 atom stereocenters. The zero-order valence-corrected chi connectivity index (χ0v) is 13.0. The molecule has 1 fully saturated rings. The van der Waals surface area contributed by atoms with Gasteiger partial charge in [-0.15, -0.1) is 0 Å². The van der Waals surface area contributed by atoms with E-state index in [0.717, 1.165) is 19.4 Å². The number of anilines is 1. The molecule has 2 unspecified atom stereocenters. The van der Waals surface area contributed by atoms with Crippen molar-refractivity contribution < 1.29 is 8.42 Å². The second-order valence-corrected chi connectivity index (χ2v) is 7.22. The van der Waals surface area contributed by atoms with Crippen molar-refractivity contribution >= 4 is 15.7 Å². The van der Waals surface area contributed by atoms with Gasteiger partial charge in [-0.1, -0.05) is 0 Å². The van der Waals surface area contributed by atoms with Crippen LogP contribution in [0.15, 0.2) is 23.1 Å². The SMILES string of the molecule is CC1CC(NS(=O)(=O)c2ccc(C#N)cc2N)CCN1C. The lowest BCUT2D eigenvalue weighted by Gasteiger charge is -2.35. The Labute approximate surface area is 125 Å². The number of sulfonamides is 1. The third-order valence-electron chi connectivity index (χ3n) is 3.96. The number of nitrogens with two attached hydrogens (primary N) is 1. The zero-order chi connectivity index (χ0) is 15.6. The average molecular weight is 308 g/mol. The van der Waals surface area contributed by atoms with Gasteiger partial charge in [-0.2, -0.15) is 5.26 Å². The van der Waals surface area contributed by atoms with E-state index in [4.69, 9.17) is 11.0 Å². The summed E-state index contributed by atoms with van der Waals surface area (Å²) in [7, 11) is -1.62. The van der Waals surface area contributed by atoms with Crippen molar-refractivity contribution in [3.63, 3.8) is 0 Å². The van der Waals surface area contributed by atoms with E-state index in [1.165, 1.54) is 18.2 Å². The number of rotatable bonds is 3. The lowest BCUT2D eigenvalue weighted by molar-refractivity contribution is 0.178. The van der Waals surface area contributed by atoms with Crippen molar-refractivity contribution in [2.24, 2.45) is 0 Å². The minimum atomic E-state index is -3.66. The zero-order valence-electron chi connectivity index (χ0n) is 12.2. The van der Waals surface area contributed by atoms with Crippen LogP contribution >= 0.6 is 0 Å². The predicted molar refractivity (Wildman–Crippen MR) is 81.0 cm³/mol. The van der Waals surface area contributed by atoms with Crippen LogP contribution in [0.3, 0.4) is 0 Å². The molecule has 0 aliphatic carbocycles. The van der Waals surface area contributed by atoms with Crippen LogP contribution in [-0.4, -0.2) is 39.0 Å². The fraction of sp³-hybridized carbons (Fsp3) is 0.500. The van der Waals surface area contributed by atoms with Crippen molar-refractivity contribution in [1.82, 2.24) is 9.62 Å². The van der Waals surface area contributed by atoms with Gasteiger partial charge in [0, 0.05) is 12.1 Å². The van der Waals surface area contributed by atoms with Crippen molar-refractivity contribution in [3.05, 3.63) is 23.8 Å². The molecule has 1 heterocycles. The summed E-state index contributed by atoms with van der Waals surface area (Å²) in [5.41, 5.74) is 6.21. The van der Waals surface area contributed by atoms with Crippen LogP contribution in [0.1, 0.15) is 25.3 Å². The Morgan fingerprint density at radius 2 is 2.19 bits per heavy atom. The van der Waals surface area contributed by atoms with Crippen molar-refractivity contribution in [1.29, 1.82) is 5.26 Å². The van der Waals surface area contributed by atoms with E-state index in [0.29, 0.717) is 11.6 Å². The van der Waals surface area contributed by atoms with E-state index in [1.807, 2.05) is 13.1 Å². The molecule has 0 saturated carbocycles. The summed E-state index contributed by atoms with van der Waals surface area (Å²) in [5.74, 6) is 0. The fourth-order valence-corrected chi connectivity index (χ4v) is 3.94. The molecule has 0 spiro atoms.